The molecular formula is C28H30Cl2F2N2O7S3. The summed E-state index contributed by atoms with van der Waals surface area (Å²) in [7, 11) is -3.98. The fraction of sp³-hybridized carbons (Fsp3) is 0.429. The van der Waals surface area contributed by atoms with Gasteiger partial charge in [-0.05, 0) is 56.4 Å². The predicted octanol–water partition coefficient (Wildman–Crippen LogP) is 6.29. The van der Waals surface area contributed by atoms with Gasteiger partial charge in [0.2, 0.25) is 10.0 Å². The maximum absolute atomic E-state index is 13.7. The van der Waals surface area contributed by atoms with Crippen molar-refractivity contribution in [2.45, 2.75) is 56.1 Å². The molecule has 1 saturated carbocycles. The molecule has 3 aromatic rings. The number of carbonyl (C=O) groups is 1. The van der Waals surface area contributed by atoms with Crippen LogP contribution in [-0.4, -0.2) is 55.1 Å². The van der Waals surface area contributed by atoms with Gasteiger partial charge in [-0.1, -0.05) is 29.3 Å². The number of hydrogen-bond donors (Lipinski definition) is 0. The first kappa shape index (κ1) is 34.7. The summed E-state index contributed by atoms with van der Waals surface area (Å²) in [5, 5.41) is -0.549. The average Bonchev–Trinajstić information content (AvgIpc) is 3.50. The van der Waals surface area contributed by atoms with Crippen LogP contribution in [0.1, 0.15) is 39.8 Å². The van der Waals surface area contributed by atoms with Gasteiger partial charge in [0, 0.05) is 34.0 Å². The number of sulfonamides is 1. The summed E-state index contributed by atoms with van der Waals surface area (Å²) in [6.45, 7) is 0.947. The zero-order valence-electron chi connectivity index (χ0n) is 23.6. The number of aromatic nitrogens is 1. The van der Waals surface area contributed by atoms with Crippen molar-refractivity contribution in [3.05, 3.63) is 67.6 Å². The van der Waals surface area contributed by atoms with Gasteiger partial charge >= 0.3 is 12.6 Å². The molecule has 2 atom stereocenters. The Labute approximate surface area is 272 Å². The van der Waals surface area contributed by atoms with Crippen LogP contribution < -0.4 is 14.5 Å². The Balaban J connectivity index is 0.00000442. The standard InChI is InChI=1S/C28H28Cl2F2N2O6S3.H2O/c1-15-9-25(16(2)42-15)43(36,37)34-7-8-41-26(34)27(35)39-23(11-19-20(29)12-33-13-21(19)30)18-5-6-22(40-28(31)32)24(10-18)38-14-17-3-4-17;/h5-6,9-10,12-13,17,23,26,28H,3-4,7-8,11,14H2,1-2H3;1H2/t23-,26-;/m0./s1. The third kappa shape index (κ3) is 7.95. The summed E-state index contributed by atoms with van der Waals surface area (Å²) in [4.78, 5) is 18.2. The molecule has 16 heteroatoms. The number of alkyl halides is 2. The second-order valence-electron chi connectivity index (χ2n) is 10.2. The van der Waals surface area contributed by atoms with Crippen LogP contribution in [0.4, 0.5) is 8.78 Å². The van der Waals surface area contributed by atoms with Crippen molar-refractivity contribution in [3.8, 4) is 11.5 Å². The highest BCUT2D eigenvalue weighted by Gasteiger charge is 2.43. The van der Waals surface area contributed by atoms with Crippen molar-refractivity contribution in [3.63, 3.8) is 0 Å². The van der Waals surface area contributed by atoms with Crippen LogP contribution in [0, 0.1) is 19.8 Å². The van der Waals surface area contributed by atoms with Crippen molar-refractivity contribution in [1.82, 2.24) is 4.31 Å². The Morgan fingerprint density at radius 3 is 2.45 bits per heavy atom. The zero-order chi connectivity index (χ0) is 30.9. The molecule has 9 nitrogen and oxygen atoms in total. The number of pyridine rings is 1. The van der Waals surface area contributed by atoms with Gasteiger partial charge in [0.1, 0.15) is 16.1 Å². The molecule has 0 unspecified atom stereocenters. The summed E-state index contributed by atoms with van der Waals surface area (Å²) >= 11 is 15.4. The lowest BCUT2D eigenvalue weighted by atomic mass is 10.0. The lowest BCUT2D eigenvalue weighted by Crippen LogP contribution is -2.40. The number of thiophene rings is 1. The van der Waals surface area contributed by atoms with Gasteiger partial charge in [-0.3, -0.25) is 0 Å². The molecule has 0 radical (unpaired) electrons. The molecule has 1 aliphatic carbocycles. The van der Waals surface area contributed by atoms with E-state index in [-0.39, 0.29) is 34.8 Å². The third-order valence-corrected chi connectivity index (χ3v) is 12.1. The highest BCUT2D eigenvalue weighted by atomic mass is 35.5. The molecule has 3 heterocycles. The lowest BCUT2D eigenvalue weighted by molar-refractivity contribution is -0.377. The number of hydrogen-bond acceptors (Lipinski definition) is 9. The summed E-state index contributed by atoms with van der Waals surface area (Å²) in [5.74, 6) is -0.120. The van der Waals surface area contributed by atoms with E-state index in [0.717, 1.165) is 33.8 Å². The molecule has 1 aromatic carbocycles. The van der Waals surface area contributed by atoms with Crippen molar-refractivity contribution in [1.29, 1.82) is 0 Å². The number of esters is 1. The number of rotatable bonds is 12. The molecular weight excluding hydrogens is 681 g/mol. The monoisotopic (exact) mass is 710 g/mol. The zero-order valence-corrected chi connectivity index (χ0v) is 27.6. The van der Waals surface area contributed by atoms with Gasteiger partial charge < -0.3 is 19.7 Å². The molecule has 0 amide bonds. The van der Waals surface area contributed by atoms with Gasteiger partial charge in [0.15, 0.2) is 29.3 Å². The number of benzene rings is 1. The van der Waals surface area contributed by atoms with E-state index in [1.807, 2.05) is 6.92 Å². The van der Waals surface area contributed by atoms with Crippen LogP contribution in [0.25, 0.3) is 0 Å². The van der Waals surface area contributed by atoms with Crippen LogP contribution in [0.5, 0.6) is 11.5 Å². The Bertz CT molecular complexity index is 1590. The smallest absolute Gasteiger partial charge is 0.387 e. The van der Waals surface area contributed by atoms with Crippen molar-refractivity contribution >= 4 is 62.3 Å². The molecule has 44 heavy (non-hydrogen) atoms. The quantitative estimate of drug-likeness (QED) is 0.201. The maximum atomic E-state index is 13.7. The summed E-state index contributed by atoms with van der Waals surface area (Å²) in [5.41, 5.74) is 0.878. The van der Waals surface area contributed by atoms with E-state index in [9.17, 15) is 22.0 Å². The number of carbonyl (C=O) groups excluding carboxylic acids is 1. The SMILES string of the molecule is Cc1cc(S(=O)(=O)N2CCS[C@H]2C(=O)O[C@@H](Cc2c(Cl)c[nH+]cc2Cl)c2ccc(OC(F)F)c(OCC3CC3)c2)c(C)s1.[OH-]. The van der Waals surface area contributed by atoms with E-state index >= 15 is 0 Å². The Hall–Kier alpha value is -2.20. The minimum absolute atomic E-state index is 0. The van der Waals surface area contributed by atoms with Gasteiger partial charge in [0.05, 0.1) is 11.5 Å². The Morgan fingerprint density at radius 2 is 1.84 bits per heavy atom. The normalized spacial score (nSPS) is 17.8. The number of H-pyrrole nitrogens is 1. The third-order valence-electron chi connectivity index (χ3n) is 7.00. The highest BCUT2D eigenvalue weighted by molar-refractivity contribution is 8.02. The van der Waals surface area contributed by atoms with Crippen molar-refractivity contribution < 1.29 is 46.7 Å². The number of aryl methyl sites for hydroxylation is 2. The van der Waals surface area contributed by atoms with Gasteiger partial charge in [-0.15, -0.1) is 23.1 Å². The van der Waals surface area contributed by atoms with Gasteiger partial charge in [-0.2, -0.15) is 13.1 Å². The minimum Gasteiger partial charge on any atom is -0.870 e. The molecule has 0 spiro atoms. The highest BCUT2D eigenvalue weighted by Crippen LogP contribution is 2.40. The largest absolute Gasteiger partial charge is 0.870 e. The first-order valence-electron chi connectivity index (χ1n) is 13.4. The summed E-state index contributed by atoms with van der Waals surface area (Å²) < 4.78 is 71.2. The number of aromatic amines is 1. The van der Waals surface area contributed by atoms with Gasteiger partial charge in [-0.25, -0.2) is 18.2 Å². The molecule has 2 aliphatic rings. The number of nitrogens with zero attached hydrogens (tertiary/aromatic N) is 1. The Kier molecular flexibility index (Phi) is 11.4. The first-order valence-corrected chi connectivity index (χ1v) is 17.5. The van der Waals surface area contributed by atoms with Crippen LogP contribution in [-0.2, 0) is 26.0 Å². The summed E-state index contributed by atoms with van der Waals surface area (Å²) in [6.07, 6.45) is 4.01. The number of halogens is 4. The van der Waals surface area contributed by atoms with E-state index in [1.165, 1.54) is 41.9 Å². The lowest BCUT2D eigenvalue weighted by Gasteiger charge is -2.26. The molecule has 0 bridgehead atoms. The average molecular weight is 712 g/mol. The second kappa shape index (κ2) is 14.5. The molecule has 2 aromatic heterocycles. The van der Waals surface area contributed by atoms with E-state index in [4.69, 9.17) is 32.7 Å². The maximum Gasteiger partial charge on any atom is 0.387 e. The van der Waals surface area contributed by atoms with E-state index in [1.54, 1.807) is 13.0 Å². The van der Waals surface area contributed by atoms with Crippen molar-refractivity contribution in [2.24, 2.45) is 5.92 Å². The van der Waals surface area contributed by atoms with E-state index in [2.05, 4.69) is 9.72 Å². The molecule has 5 rings (SSSR count). The fourth-order valence-electron chi connectivity index (χ4n) is 4.68. The number of ether oxygens (including phenoxy) is 3. The molecule has 1 saturated heterocycles. The fourth-order valence-corrected chi connectivity index (χ4v) is 9.79. The van der Waals surface area contributed by atoms with Gasteiger partial charge in [0.25, 0.3) is 0 Å². The van der Waals surface area contributed by atoms with E-state index < -0.39 is 34.1 Å². The summed E-state index contributed by atoms with van der Waals surface area (Å²) in [6, 6.07) is 5.91. The van der Waals surface area contributed by atoms with Crippen LogP contribution in [0.3, 0.4) is 0 Å². The molecule has 2 fully saturated rings. The predicted molar refractivity (Wildman–Crippen MR) is 163 cm³/mol. The molecule has 1 aliphatic heterocycles. The van der Waals surface area contributed by atoms with Crippen LogP contribution in [0.2, 0.25) is 10.0 Å². The van der Waals surface area contributed by atoms with Crippen molar-refractivity contribution in [2.75, 3.05) is 18.9 Å². The number of thioether (sulfide) groups is 1. The Morgan fingerprint density at radius 1 is 1.14 bits per heavy atom. The second-order valence-corrected chi connectivity index (χ2v) is 15.5. The first-order chi connectivity index (χ1) is 20.4. The molecule has 240 valence electrons. The molecule has 2 N–H and O–H groups in total. The van der Waals surface area contributed by atoms with E-state index in [0.29, 0.717) is 44.3 Å². The minimum atomic E-state index is -3.98. The topological polar surface area (TPSA) is 126 Å². The number of nitrogens with one attached hydrogen (secondary N) is 1. The van der Waals surface area contributed by atoms with Crippen LogP contribution in [0.15, 0.2) is 41.6 Å². The van der Waals surface area contributed by atoms with Crippen LogP contribution >= 0.6 is 46.3 Å².